The van der Waals surface area contributed by atoms with E-state index in [2.05, 4.69) is 0 Å². The number of hydrogen-bond donors (Lipinski definition) is 0. The molecule has 1 aromatic rings. The molecule has 5 nitrogen and oxygen atoms in total. The molecule has 0 aliphatic rings. The van der Waals surface area contributed by atoms with E-state index in [-0.39, 0.29) is 29.6 Å². The number of rotatable bonds is 2. The van der Waals surface area contributed by atoms with Crippen LogP contribution in [-0.2, 0) is 11.1 Å². The van der Waals surface area contributed by atoms with E-state index in [1.165, 1.54) is 0 Å². The van der Waals surface area contributed by atoms with Gasteiger partial charge in [0.1, 0.15) is 0 Å². The molecule has 0 spiro atoms. The SMILES string of the molecule is O=[N+]([O-])c1cc(Cl)c(F)c(S(=O)[O-])c1.[Na+]. The van der Waals surface area contributed by atoms with Crippen molar-refractivity contribution in [3.05, 3.63) is 33.1 Å². The van der Waals surface area contributed by atoms with Gasteiger partial charge in [-0.1, -0.05) is 11.6 Å². The van der Waals surface area contributed by atoms with Crippen LogP contribution in [0.15, 0.2) is 17.0 Å². The van der Waals surface area contributed by atoms with Gasteiger partial charge in [-0.15, -0.1) is 0 Å². The van der Waals surface area contributed by atoms with E-state index in [1.807, 2.05) is 0 Å². The minimum Gasteiger partial charge on any atom is -0.768 e. The predicted molar refractivity (Wildman–Crippen MR) is 45.3 cm³/mol. The van der Waals surface area contributed by atoms with E-state index >= 15 is 0 Å². The van der Waals surface area contributed by atoms with E-state index in [4.69, 9.17) is 11.6 Å². The van der Waals surface area contributed by atoms with Gasteiger partial charge in [0.2, 0.25) is 0 Å². The summed E-state index contributed by atoms with van der Waals surface area (Å²) >= 11 is 2.36. The third-order valence-electron chi connectivity index (χ3n) is 1.37. The van der Waals surface area contributed by atoms with E-state index < -0.39 is 37.4 Å². The average Bonchev–Trinajstić information content (AvgIpc) is 2.08. The molecule has 0 N–H and O–H groups in total. The van der Waals surface area contributed by atoms with Crippen LogP contribution in [-0.4, -0.2) is 13.7 Å². The molecule has 0 saturated carbocycles. The van der Waals surface area contributed by atoms with Gasteiger partial charge in [0.05, 0.1) is 14.8 Å². The van der Waals surface area contributed by atoms with Crippen LogP contribution in [0.25, 0.3) is 0 Å². The molecule has 0 fully saturated rings. The number of benzene rings is 1. The first kappa shape index (κ1) is 14.9. The molecule has 1 atom stereocenters. The molecule has 0 aromatic heterocycles. The molecule has 1 unspecified atom stereocenters. The summed E-state index contributed by atoms with van der Waals surface area (Å²) in [7, 11) is 0. The second-order valence-corrected chi connectivity index (χ2v) is 3.55. The minimum atomic E-state index is -2.89. The van der Waals surface area contributed by atoms with E-state index in [1.54, 1.807) is 0 Å². The fraction of sp³-hybridized carbons (Fsp3) is 0. The van der Waals surface area contributed by atoms with Crippen molar-refractivity contribution in [2.24, 2.45) is 0 Å². The molecule has 0 aliphatic heterocycles. The van der Waals surface area contributed by atoms with Gasteiger partial charge in [-0.2, -0.15) is 0 Å². The fourth-order valence-electron chi connectivity index (χ4n) is 0.777. The van der Waals surface area contributed by atoms with Gasteiger partial charge in [0.25, 0.3) is 5.69 Å². The summed E-state index contributed by atoms with van der Waals surface area (Å²) in [5.41, 5.74) is -0.574. The van der Waals surface area contributed by atoms with E-state index in [0.29, 0.717) is 6.07 Å². The fourth-order valence-corrected chi connectivity index (χ4v) is 1.52. The third-order valence-corrected chi connectivity index (χ3v) is 2.30. The van der Waals surface area contributed by atoms with E-state index in [0.717, 1.165) is 6.07 Å². The van der Waals surface area contributed by atoms with E-state index in [9.17, 15) is 23.3 Å². The Labute approximate surface area is 113 Å². The summed E-state index contributed by atoms with van der Waals surface area (Å²) in [6.45, 7) is 0. The molecule has 0 amide bonds. The van der Waals surface area contributed by atoms with Crippen LogP contribution in [0.4, 0.5) is 10.1 Å². The number of non-ortho nitro benzene ring substituents is 1. The Kier molecular flexibility index (Phi) is 5.86. The zero-order valence-corrected chi connectivity index (χ0v) is 11.0. The summed E-state index contributed by atoms with van der Waals surface area (Å²) in [6.07, 6.45) is 0. The van der Waals surface area contributed by atoms with Crippen molar-refractivity contribution in [2.75, 3.05) is 0 Å². The molecular weight excluding hydrogens is 260 g/mol. The Bertz CT molecular complexity index is 430. The molecule has 15 heavy (non-hydrogen) atoms. The second kappa shape index (κ2) is 5.88. The molecule has 0 heterocycles. The molecule has 0 aliphatic carbocycles. The van der Waals surface area contributed by atoms with Gasteiger partial charge < -0.3 is 4.55 Å². The van der Waals surface area contributed by atoms with Crippen LogP contribution in [0.2, 0.25) is 5.02 Å². The van der Waals surface area contributed by atoms with Crippen molar-refractivity contribution in [2.45, 2.75) is 4.90 Å². The summed E-state index contributed by atoms with van der Waals surface area (Å²) in [6, 6.07) is 1.34. The molecular formula is C6H2ClFNNaO4S. The molecule has 0 radical (unpaired) electrons. The van der Waals surface area contributed by atoms with Crippen molar-refractivity contribution >= 4 is 28.4 Å². The van der Waals surface area contributed by atoms with Crippen LogP contribution >= 0.6 is 11.6 Å². The van der Waals surface area contributed by atoms with Crippen LogP contribution in [0.3, 0.4) is 0 Å². The third kappa shape index (κ3) is 3.47. The first-order chi connectivity index (χ1) is 6.43. The summed E-state index contributed by atoms with van der Waals surface area (Å²) in [4.78, 5) is 8.59. The Balaban J connectivity index is 0.00000196. The maximum atomic E-state index is 12.9. The van der Waals surface area contributed by atoms with Gasteiger partial charge in [-0.25, -0.2) is 4.39 Å². The molecule has 9 heteroatoms. The molecule has 76 valence electrons. The van der Waals surface area contributed by atoms with Gasteiger partial charge in [-0.05, 0) is 11.1 Å². The van der Waals surface area contributed by atoms with Gasteiger partial charge in [-0.3, -0.25) is 14.3 Å². The quantitative estimate of drug-likeness (QED) is 0.285. The van der Waals surface area contributed by atoms with Crippen LogP contribution < -0.4 is 29.6 Å². The predicted octanol–water partition coefficient (Wildman–Crippen LogP) is -1.37. The number of halogens is 2. The maximum absolute atomic E-state index is 12.9. The van der Waals surface area contributed by atoms with Crippen LogP contribution in [0.5, 0.6) is 0 Å². The molecule has 0 bridgehead atoms. The molecule has 1 aromatic carbocycles. The van der Waals surface area contributed by atoms with Gasteiger partial charge in [0.15, 0.2) is 5.82 Å². The van der Waals surface area contributed by atoms with Crippen molar-refractivity contribution in [3.8, 4) is 0 Å². The Morgan fingerprint density at radius 3 is 2.40 bits per heavy atom. The zero-order chi connectivity index (χ0) is 10.9. The van der Waals surface area contributed by atoms with Crippen LogP contribution in [0, 0.1) is 15.9 Å². The summed E-state index contributed by atoms with van der Waals surface area (Å²) in [5, 5.41) is 9.66. The first-order valence-electron chi connectivity index (χ1n) is 3.16. The Hall–Kier alpha value is -0.0500. The summed E-state index contributed by atoms with van der Waals surface area (Å²) in [5.74, 6) is -1.19. The monoisotopic (exact) mass is 261 g/mol. The normalized spacial score (nSPS) is 11.7. The molecule has 0 saturated heterocycles. The van der Waals surface area contributed by atoms with Crippen molar-refractivity contribution in [1.82, 2.24) is 0 Å². The average molecular weight is 262 g/mol. The Morgan fingerprint density at radius 2 is 2.00 bits per heavy atom. The van der Waals surface area contributed by atoms with Crippen molar-refractivity contribution < 1.29 is 47.6 Å². The van der Waals surface area contributed by atoms with Gasteiger partial charge >= 0.3 is 29.6 Å². The number of hydrogen-bond acceptors (Lipinski definition) is 4. The van der Waals surface area contributed by atoms with Crippen LogP contribution in [0.1, 0.15) is 0 Å². The summed E-state index contributed by atoms with van der Waals surface area (Å²) < 4.78 is 33.8. The van der Waals surface area contributed by atoms with Gasteiger partial charge in [0, 0.05) is 12.1 Å². The molecule has 1 rings (SSSR count). The zero-order valence-electron chi connectivity index (χ0n) is 7.40. The minimum absolute atomic E-state index is 0. The Morgan fingerprint density at radius 1 is 1.47 bits per heavy atom. The van der Waals surface area contributed by atoms with Crippen molar-refractivity contribution in [3.63, 3.8) is 0 Å². The smallest absolute Gasteiger partial charge is 0.768 e. The topological polar surface area (TPSA) is 83.3 Å². The first-order valence-corrected chi connectivity index (χ1v) is 4.61. The number of nitro groups is 1. The maximum Gasteiger partial charge on any atom is 1.00 e. The number of nitrogens with zero attached hydrogens (tertiary/aromatic N) is 1. The number of nitro benzene ring substituents is 1. The standard InChI is InChI=1S/C6H3ClFNO4S.Na/c7-4-1-3(9(10)11)2-5(6(4)8)14(12)13;/h1-2H,(H,12,13);/q;+1/p-1. The van der Waals surface area contributed by atoms with Crippen molar-refractivity contribution in [1.29, 1.82) is 0 Å². The largest absolute Gasteiger partial charge is 1.00 e. The second-order valence-electron chi connectivity index (χ2n) is 2.23.